The summed E-state index contributed by atoms with van der Waals surface area (Å²) in [5.41, 5.74) is 2.38. The highest BCUT2D eigenvalue weighted by Crippen LogP contribution is 2.22. The van der Waals surface area contributed by atoms with E-state index < -0.39 is 0 Å². The van der Waals surface area contributed by atoms with Crippen molar-refractivity contribution in [2.24, 2.45) is 0 Å². The largest absolute Gasteiger partial charge is 0.381 e. The molecular formula is C15H13BrIN. The van der Waals surface area contributed by atoms with Crippen LogP contribution in [0.1, 0.15) is 5.56 Å². The smallest absolute Gasteiger partial charge is 0.0489 e. The van der Waals surface area contributed by atoms with Crippen LogP contribution in [-0.4, -0.2) is 6.54 Å². The molecule has 3 heteroatoms. The van der Waals surface area contributed by atoms with Gasteiger partial charge in [0.1, 0.15) is 0 Å². The summed E-state index contributed by atoms with van der Waals surface area (Å²) >= 11 is 5.81. The van der Waals surface area contributed by atoms with Gasteiger partial charge in [-0.3, -0.25) is 0 Å². The zero-order chi connectivity index (χ0) is 12.8. The highest BCUT2D eigenvalue weighted by atomic mass is 127. The molecule has 0 saturated heterocycles. The van der Waals surface area contributed by atoms with Gasteiger partial charge in [-0.25, -0.2) is 0 Å². The Morgan fingerprint density at radius 2 is 1.89 bits per heavy atom. The SMILES string of the molecule is Brc1ccc(I)c(NC/C=C/c2ccccc2)c1. The summed E-state index contributed by atoms with van der Waals surface area (Å²) in [7, 11) is 0. The molecule has 92 valence electrons. The van der Waals surface area contributed by atoms with Crippen molar-refractivity contribution in [3.63, 3.8) is 0 Å². The number of rotatable bonds is 4. The lowest BCUT2D eigenvalue weighted by molar-refractivity contribution is 1.33. The maximum absolute atomic E-state index is 3.48. The third-order valence-corrected chi connectivity index (χ3v) is 3.88. The average Bonchev–Trinajstić information content (AvgIpc) is 2.40. The first kappa shape index (κ1) is 13.6. The molecule has 1 N–H and O–H groups in total. The molecule has 0 aliphatic carbocycles. The van der Waals surface area contributed by atoms with Crippen LogP contribution in [0.4, 0.5) is 5.69 Å². The molecule has 0 aliphatic rings. The minimum atomic E-state index is 0.821. The summed E-state index contributed by atoms with van der Waals surface area (Å²) < 4.78 is 2.32. The quantitative estimate of drug-likeness (QED) is 0.681. The third-order valence-electron chi connectivity index (χ3n) is 2.45. The minimum Gasteiger partial charge on any atom is -0.381 e. The summed E-state index contributed by atoms with van der Waals surface area (Å²) in [6.07, 6.45) is 4.25. The highest BCUT2D eigenvalue weighted by molar-refractivity contribution is 14.1. The fraction of sp³-hybridized carbons (Fsp3) is 0.0667. The molecule has 2 rings (SSSR count). The molecular weight excluding hydrogens is 401 g/mol. The van der Waals surface area contributed by atoms with Crippen LogP contribution in [0, 0.1) is 3.57 Å². The van der Waals surface area contributed by atoms with Crippen molar-refractivity contribution in [3.05, 3.63) is 68.2 Å². The predicted octanol–water partition coefficient (Wildman–Crippen LogP) is 5.18. The van der Waals surface area contributed by atoms with Gasteiger partial charge in [-0.15, -0.1) is 0 Å². The highest BCUT2D eigenvalue weighted by Gasteiger charge is 1.98. The average molecular weight is 414 g/mol. The number of hydrogen-bond acceptors (Lipinski definition) is 1. The molecule has 0 atom stereocenters. The van der Waals surface area contributed by atoms with Crippen molar-refractivity contribution < 1.29 is 0 Å². The maximum atomic E-state index is 3.48. The zero-order valence-electron chi connectivity index (χ0n) is 9.74. The van der Waals surface area contributed by atoms with Gasteiger partial charge >= 0.3 is 0 Å². The van der Waals surface area contributed by atoms with Gasteiger partial charge in [0.2, 0.25) is 0 Å². The lowest BCUT2D eigenvalue weighted by Gasteiger charge is -2.06. The molecule has 0 aliphatic heterocycles. The van der Waals surface area contributed by atoms with Crippen molar-refractivity contribution in [2.45, 2.75) is 0 Å². The zero-order valence-corrected chi connectivity index (χ0v) is 13.5. The summed E-state index contributed by atoms with van der Waals surface area (Å²) in [6.45, 7) is 0.821. The van der Waals surface area contributed by atoms with Crippen LogP contribution >= 0.6 is 38.5 Å². The van der Waals surface area contributed by atoms with Crippen LogP contribution in [0.15, 0.2) is 59.1 Å². The first-order valence-corrected chi connectivity index (χ1v) is 7.53. The summed E-state index contributed by atoms with van der Waals surface area (Å²) in [5.74, 6) is 0. The Balaban J connectivity index is 1.92. The monoisotopic (exact) mass is 413 g/mol. The summed E-state index contributed by atoms with van der Waals surface area (Å²) in [5, 5.41) is 3.40. The van der Waals surface area contributed by atoms with Crippen LogP contribution in [0.2, 0.25) is 0 Å². The van der Waals surface area contributed by atoms with Crippen molar-refractivity contribution in [2.75, 3.05) is 11.9 Å². The van der Waals surface area contributed by atoms with Gasteiger partial charge in [0.15, 0.2) is 0 Å². The first-order valence-electron chi connectivity index (χ1n) is 5.66. The fourth-order valence-corrected chi connectivity index (χ4v) is 2.45. The molecule has 0 bridgehead atoms. The lowest BCUT2D eigenvalue weighted by atomic mass is 10.2. The van der Waals surface area contributed by atoms with Crippen molar-refractivity contribution in [3.8, 4) is 0 Å². The van der Waals surface area contributed by atoms with Crippen LogP contribution in [0.25, 0.3) is 6.08 Å². The van der Waals surface area contributed by atoms with Gasteiger partial charge in [-0.2, -0.15) is 0 Å². The second-order valence-corrected chi connectivity index (χ2v) is 5.90. The number of benzene rings is 2. The van der Waals surface area contributed by atoms with E-state index in [9.17, 15) is 0 Å². The molecule has 0 heterocycles. The first-order chi connectivity index (χ1) is 8.75. The second-order valence-electron chi connectivity index (χ2n) is 3.82. The van der Waals surface area contributed by atoms with Crippen LogP contribution in [0.5, 0.6) is 0 Å². The molecule has 2 aromatic carbocycles. The Hall–Kier alpha value is -0.810. The van der Waals surface area contributed by atoms with E-state index in [4.69, 9.17) is 0 Å². The molecule has 0 amide bonds. The Kier molecular flexibility index (Phi) is 5.26. The van der Waals surface area contributed by atoms with E-state index in [0.717, 1.165) is 16.7 Å². The molecule has 0 fully saturated rings. The predicted molar refractivity (Wildman–Crippen MR) is 90.8 cm³/mol. The summed E-state index contributed by atoms with van der Waals surface area (Å²) in [6, 6.07) is 16.5. The van der Waals surface area contributed by atoms with Gasteiger partial charge in [0, 0.05) is 20.3 Å². The van der Waals surface area contributed by atoms with E-state index in [1.807, 2.05) is 24.3 Å². The number of hydrogen-bond donors (Lipinski definition) is 1. The molecule has 0 unspecified atom stereocenters. The van der Waals surface area contributed by atoms with Gasteiger partial charge in [0.05, 0.1) is 0 Å². The van der Waals surface area contributed by atoms with E-state index in [0.29, 0.717) is 0 Å². The molecule has 0 radical (unpaired) electrons. The van der Waals surface area contributed by atoms with E-state index in [1.165, 1.54) is 9.13 Å². The molecule has 18 heavy (non-hydrogen) atoms. The van der Waals surface area contributed by atoms with Crippen LogP contribution in [-0.2, 0) is 0 Å². The Morgan fingerprint density at radius 3 is 2.67 bits per heavy atom. The topological polar surface area (TPSA) is 12.0 Å². The van der Waals surface area contributed by atoms with Gasteiger partial charge in [-0.05, 0) is 46.4 Å². The van der Waals surface area contributed by atoms with Gasteiger partial charge < -0.3 is 5.32 Å². The normalized spacial score (nSPS) is 10.8. The number of nitrogens with one attached hydrogen (secondary N) is 1. The van der Waals surface area contributed by atoms with Gasteiger partial charge in [0.25, 0.3) is 0 Å². The van der Waals surface area contributed by atoms with E-state index in [1.54, 1.807) is 0 Å². The van der Waals surface area contributed by atoms with Crippen molar-refractivity contribution in [1.82, 2.24) is 0 Å². The Morgan fingerprint density at radius 1 is 1.11 bits per heavy atom. The Labute approximate surface area is 130 Å². The number of anilines is 1. The standard InChI is InChI=1S/C15H13BrIN/c16-13-8-9-14(17)15(11-13)18-10-4-7-12-5-2-1-3-6-12/h1-9,11,18H,10H2/b7-4+. The molecule has 0 saturated carbocycles. The summed E-state index contributed by atoms with van der Waals surface area (Å²) in [4.78, 5) is 0. The number of halogens is 2. The Bertz CT molecular complexity index is 537. The lowest BCUT2D eigenvalue weighted by Crippen LogP contribution is -1.99. The molecule has 0 spiro atoms. The van der Waals surface area contributed by atoms with Gasteiger partial charge in [-0.1, -0.05) is 58.4 Å². The maximum Gasteiger partial charge on any atom is 0.0489 e. The van der Waals surface area contributed by atoms with Crippen LogP contribution < -0.4 is 5.32 Å². The molecule has 0 aromatic heterocycles. The van der Waals surface area contributed by atoms with Crippen LogP contribution in [0.3, 0.4) is 0 Å². The van der Waals surface area contributed by atoms with Crippen molar-refractivity contribution in [1.29, 1.82) is 0 Å². The van der Waals surface area contributed by atoms with E-state index in [2.05, 4.69) is 80.3 Å². The minimum absolute atomic E-state index is 0.821. The van der Waals surface area contributed by atoms with Crippen molar-refractivity contribution >= 4 is 50.3 Å². The molecule has 2 aromatic rings. The fourth-order valence-electron chi connectivity index (χ4n) is 1.56. The molecule has 1 nitrogen and oxygen atoms in total. The third kappa shape index (κ3) is 4.14. The van der Waals surface area contributed by atoms with E-state index >= 15 is 0 Å². The second kappa shape index (κ2) is 6.95. The van der Waals surface area contributed by atoms with E-state index in [-0.39, 0.29) is 0 Å².